The van der Waals surface area contributed by atoms with Crippen LogP contribution in [0.5, 0.6) is 11.5 Å². The lowest BCUT2D eigenvalue weighted by atomic mass is 9.88. The zero-order chi connectivity index (χ0) is 16.8. The maximum atomic E-state index is 13.1. The molecule has 1 aromatic heterocycles. The molecular weight excluding hydrogens is 368 g/mol. The minimum absolute atomic E-state index is 0.308. The van der Waals surface area contributed by atoms with Crippen LogP contribution in [-0.2, 0) is 0 Å². The van der Waals surface area contributed by atoms with Crippen molar-refractivity contribution in [2.75, 3.05) is 0 Å². The molecule has 2 aromatic rings. The molecule has 0 atom stereocenters. The smallest absolute Gasteiger partial charge is 0.252 e. The van der Waals surface area contributed by atoms with Crippen molar-refractivity contribution in [3.05, 3.63) is 56.4 Å². The second-order valence-electron chi connectivity index (χ2n) is 5.97. The van der Waals surface area contributed by atoms with Crippen molar-refractivity contribution in [2.24, 2.45) is 0 Å². The minimum Gasteiger partial charge on any atom is -0.454 e. The van der Waals surface area contributed by atoms with Gasteiger partial charge in [0.15, 0.2) is 5.75 Å². The van der Waals surface area contributed by atoms with Crippen LogP contribution in [0.2, 0.25) is 0 Å². The number of aryl methyl sites for hydroxylation is 2. The Morgan fingerprint density at radius 3 is 2.43 bits per heavy atom. The van der Waals surface area contributed by atoms with E-state index in [1.807, 2.05) is 32.0 Å². The fourth-order valence-corrected chi connectivity index (χ4v) is 3.14. The van der Waals surface area contributed by atoms with Gasteiger partial charge in [0.05, 0.1) is 10.7 Å². The minimum atomic E-state index is -2.68. The van der Waals surface area contributed by atoms with Gasteiger partial charge in [0.25, 0.3) is 11.5 Å². The first-order chi connectivity index (χ1) is 10.8. The zero-order valence-corrected chi connectivity index (χ0v) is 14.4. The van der Waals surface area contributed by atoms with Crippen molar-refractivity contribution in [2.45, 2.75) is 38.7 Å². The van der Waals surface area contributed by atoms with Gasteiger partial charge in [-0.1, -0.05) is 18.2 Å². The number of benzene rings is 1. The van der Waals surface area contributed by atoms with E-state index in [-0.39, 0.29) is 18.4 Å². The van der Waals surface area contributed by atoms with Crippen LogP contribution in [0.1, 0.15) is 30.0 Å². The standard InChI is InChI=1S/C17H16BrF2NO2/c1-10-4-3-5-11(2)16(10)23-14-9-21(15(22)6-13(14)18)12-7-17(19,20)8-12/h3-6,9,12H,7-8H2,1-2H3. The summed E-state index contributed by atoms with van der Waals surface area (Å²) in [5.41, 5.74) is 1.61. The number of rotatable bonds is 3. The van der Waals surface area contributed by atoms with Crippen LogP contribution in [-0.4, -0.2) is 10.5 Å². The highest BCUT2D eigenvalue weighted by Crippen LogP contribution is 2.45. The van der Waals surface area contributed by atoms with Gasteiger partial charge in [-0.05, 0) is 40.9 Å². The summed E-state index contributed by atoms with van der Waals surface area (Å²) in [4.78, 5) is 12.1. The Hall–Kier alpha value is -1.69. The summed E-state index contributed by atoms with van der Waals surface area (Å²) < 4.78 is 34.0. The number of alkyl halides is 2. The zero-order valence-electron chi connectivity index (χ0n) is 12.8. The van der Waals surface area contributed by atoms with Crippen LogP contribution in [0.3, 0.4) is 0 Å². The maximum absolute atomic E-state index is 13.1. The first-order valence-corrected chi connectivity index (χ1v) is 8.10. The summed E-state index contributed by atoms with van der Waals surface area (Å²) >= 11 is 3.31. The molecule has 1 aliphatic rings. The summed E-state index contributed by atoms with van der Waals surface area (Å²) in [5.74, 6) is -1.53. The first kappa shape index (κ1) is 16.2. The average Bonchev–Trinajstić information content (AvgIpc) is 2.42. The summed E-state index contributed by atoms with van der Waals surface area (Å²) in [5, 5.41) is 0. The molecule has 0 N–H and O–H groups in total. The van der Waals surface area contributed by atoms with Gasteiger partial charge >= 0.3 is 0 Å². The van der Waals surface area contributed by atoms with E-state index in [1.165, 1.54) is 16.8 Å². The van der Waals surface area contributed by atoms with Gasteiger partial charge in [-0.3, -0.25) is 4.79 Å². The Labute approximate surface area is 141 Å². The van der Waals surface area contributed by atoms with E-state index in [2.05, 4.69) is 15.9 Å². The van der Waals surface area contributed by atoms with Gasteiger partial charge in [-0.25, -0.2) is 8.78 Å². The molecular formula is C17H16BrF2NO2. The van der Waals surface area contributed by atoms with Gasteiger partial charge < -0.3 is 9.30 Å². The molecule has 3 rings (SSSR count). The van der Waals surface area contributed by atoms with Gasteiger partial charge in [-0.2, -0.15) is 0 Å². The Bertz CT molecular complexity index is 788. The Balaban J connectivity index is 1.95. The molecule has 0 saturated heterocycles. The molecule has 0 unspecified atom stereocenters. The topological polar surface area (TPSA) is 31.2 Å². The van der Waals surface area contributed by atoms with E-state index in [0.717, 1.165) is 11.1 Å². The number of ether oxygens (including phenoxy) is 1. The quantitative estimate of drug-likeness (QED) is 0.747. The lowest BCUT2D eigenvalue weighted by molar-refractivity contribution is -0.105. The molecule has 1 aromatic carbocycles. The third kappa shape index (κ3) is 3.17. The number of aromatic nitrogens is 1. The molecule has 3 nitrogen and oxygen atoms in total. The van der Waals surface area contributed by atoms with Crippen LogP contribution in [0.25, 0.3) is 0 Å². The number of pyridine rings is 1. The lowest BCUT2D eigenvalue weighted by Crippen LogP contribution is -2.40. The number of hydrogen-bond donors (Lipinski definition) is 0. The van der Waals surface area contributed by atoms with Crippen molar-refractivity contribution in [3.63, 3.8) is 0 Å². The van der Waals surface area contributed by atoms with Gasteiger partial charge in [0, 0.05) is 24.9 Å². The van der Waals surface area contributed by atoms with Crippen LogP contribution in [0.15, 0.2) is 39.7 Å². The van der Waals surface area contributed by atoms with Crippen molar-refractivity contribution in [3.8, 4) is 11.5 Å². The predicted molar refractivity (Wildman–Crippen MR) is 87.6 cm³/mol. The SMILES string of the molecule is Cc1cccc(C)c1Oc1cn(C2CC(F)(F)C2)c(=O)cc1Br. The highest BCUT2D eigenvalue weighted by Gasteiger charge is 2.46. The van der Waals surface area contributed by atoms with Crippen LogP contribution in [0.4, 0.5) is 8.78 Å². The lowest BCUT2D eigenvalue weighted by Gasteiger charge is -2.36. The first-order valence-electron chi connectivity index (χ1n) is 7.30. The van der Waals surface area contributed by atoms with Crippen molar-refractivity contribution in [1.29, 1.82) is 0 Å². The highest BCUT2D eigenvalue weighted by atomic mass is 79.9. The summed E-state index contributed by atoms with van der Waals surface area (Å²) in [6.45, 7) is 3.86. The molecule has 0 bridgehead atoms. The normalized spacial score (nSPS) is 16.9. The number of nitrogens with zero attached hydrogens (tertiary/aromatic N) is 1. The largest absolute Gasteiger partial charge is 0.454 e. The third-order valence-electron chi connectivity index (χ3n) is 4.08. The molecule has 0 aliphatic heterocycles. The molecule has 1 aliphatic carbocycles. The van der Waals surface area contributed by atoms with Crippen LogP contribution >= 0.6 is 15.9 Å². The number of hydrogen-bond acceptors (Lipinski definition) is 2. The number of halogens is 3. The van der Waals surface area contributed by atoms with Crippen molar-refractivity contribution < 1.29 is 13.5 Å². The molecule has 0 spiro atoms. The van der Waals surface area contributed by atoms with Gasteiger partial charge in [-0.15, -0.1) is 0 Å². The monoisotopic (exact) mass is 383 g/mol. The Kier molecular flexibility index (Phi) is 4.04. The molecule has 6 heteroatoms. The fraction of sp³-hybridized carbons (Fsp3) is 0.353. The van der Waals surface area contributed by atoms with Crippen molar-refractivity contribution >= 4 is 15.9 Å². The summed E-state index contributed by atoms with van der Waals surface area (Å²) in [7, 11) is 0. The Morgan fingerprint density at radius 1 is 1.26 bits per heavy atom. The third-order valence-corrected chi connectivity index (χ3v) is 4.70. The van der Waals surface area contributed by atoms with Gasteiger partial charge in [0.2, 0.25) is 0 Å². The van der Waals surface area contributed by atoms with Crippen LogP contribution in [0, 0.1) is 13.8 Å². The van der Waals surface area contributed by atoms with E-state index in [4.69, 9.17) is 4.74 Å². The fourth-order valence-electron chi connectivity index (χ4n) is 2.76. The highest BCUT2D eigenvalue weighted by molar-refractivity contribution is 9.10. The van der Waals surface area contributed by atoms with Crippen LogP contribution < -0.4 is 10.3 Å². The average molecular weight is 384 g/mol. The summed E-state index contributed by atoms with van der Waals surface area (Å²) in [6.07, 6.45) is 0.896. The molecule has 0 radical (unpaired) electrons. The summed E-state index contributed by atoms with van der Waals surface area (Å²) in [6, 6.07) is 6.67. The second-order valence-corrected chi connectivity index (χ2v) is 6.83. The molecule has 122 valence electrons. The molecule has 23 heavy (non-hydrogen) atoms. The van der Waals surface area contributed by atoms with E-state index < -0.39 is 12.0 Å². The van der Waals surface area contributed by atoms with Gasteiger partial charge in [0.1, 0.15) is 5.75 Å². The molecule has 1 saturated carbocycles. The molecule has 1 heterocycles. The molecule has 1 fully saturated rings. The van der Waals surface area contributed by atoms with E-state index >= 15 is 0 Å². The van der Waals surface area contributed by atoms with E-state index in [1.54, 1.807) is 0 Å². The van der Waals surface area contributed by atoms with E-state index in [0.29, 0.717) is 16.0 Å². The second kappa shape index (κ2) is 5.74. The maximum Gasteiger partial charge on any atom is 0.252 e. The Morgan fingerprint density at radius 2 is 1.87 bits per heavy atom. The predicted octanol–water partition coefficient (Wildman–Crippen LogP) is 4.99. The molecule has 0 amide bonds. The van der Waals surface area contributed by atoms with E-state index in [9.17, 15) is 13.6 Å². The number of para-hydroxylation sites is 1. The van der Waals surface area contributed by atoms with Crippen molar-refractivity contribution in [1.82, 2.24) is 4.57 Å².